The monoisotopic (exact) mass is 256 g/mol. The lowest BCUT2D eigenvalue weighted by Crippen LogP contribution is -2.46. The number of thioether (sulfide) groups is 1. The molecule has 1 aliphatic carbocycles. The number of nitrogens with one attached hydrogen (secondary N) is 1. The lowest BCUT2D eigenvalue weighted by atomic mass is 9.80. The third kappa shape index (κ3) is 6.13. The Balaban J connectivity index is 2.13. The van der Waals surface area contributed by atoms with E-state index in [0.717, 1.165) is 30.9 Å². The molecule has 1 amide bonds. The number of hydrogen-bond acceptors (Lipinski definition) is 3. The molecule has 0 spiro atoms. The smallest absolute Gasteiger partial charge is 0.221 e. The number of carbonyl (C=O) groups excluding carboxylic acids is 1. The molecule has 0 atom stereocenters. The van der Waals surface area contributed by atoms with Crippen molar-refractivity contribution in [3.8, 4) is 0 Å². The van der Waals surface area contributed by atoms with E-state index in [4.69, 9.17) is 5.73 Å². The van der Waals surface area contributed by atoms with E-state index in [1.807, 2.05) is 6.08 Å². The van der Waals surface area contributed by atoms with Gasteiger partial charge in [-0.3, -0.25) is 4.79 Å². The molecule has 0 unspecified atom stereocenters. The van der Waals surface area contributed by atoms with E-state index >= 15 is 0 Å². The summed E-state index contributed by atoms with van der Waals surface area (Å²) < 4.78 is 0. The molecule has 17 heavy (non-hydrogen) atoms. The lowest BCUT2D eigenvalue weighted by Gasteiger charge is -2.32. The van der Waals surface area contributed by atoms with Gasteiger partial charge in [-0.05, 0) is 12.8 Å². The highest BCUT2D eigenvalue weighted by molar-refractivity contribution is 7.99. The number of rotatable bonds is 7. The van der Waals surface area contributed by atoms with Crippen molar-refractivity contribution in [2.24, 2.45) is 5.73 Å². The number of nitrogens with two attached hydrogens (primary N) is 1. The highest BCUT2D eigenvalue weighted by Crippen LogP contribution is 2.28. The Morgan fingerprint density at radius 2 is 2.12 bits per heavy atom. The fourth-order valence-electron chi connectivity index (χ4n) is 2.24. The van der Waals surface area contributed by atoms with Gasteiger partial charge in [0.1, 0.15) is 0 Å². The second kappa shape index (κ2) is 7.77. The summed E-state index contributed by atoms with van der Waals surface area (Å²) >= 11 is 1.78. The highest BCUT2D eigenvalue weighted by Gasteiger charge is 2.29. The second-order valence-corrected chi connectivity index (χ2v) is 5.96. The molecule has 1 rings (SSSR count). The van der Waals surface area contributed by atoms with Crippen LogP contribution in [0, 0.1) is 0 Å². The van der Waals surface area contributed by atoms with E-state index in [9.17, 15) is 4.79 Å². The molecule has 1 saturated carbocycles. The minimum absolute atomic E-state index is 0.105. The summed E-state index contributed by atoms with van der Waals surface area (Å²) in [4.78, 5) is 11.7. The van der Waals surface area contributed by atoms with Crippen molar-refractivity contribution < 1.29 is 4.79 Å². The molecule has 1 aliphatic rings. The van der Waals surface area contributed by atoms with Gasteiger partial charge < -0.3 is 11.1 Å². The predicted molar refractivity (Wildman–Crippen MR) is 75.2 cm³/mol. The number of carbonyl (C=O) groups is 1. The molecule has 0 heterocycles. The number of hydrogen-bond donors (Lipinski definition) is 2. The summed E-state index contributed by atoms with van der Waals surface area (Å²) in [6.07, 6.45) is 7.94. The summed E-state index contributed by atoms with van der Waals surface area (Å²) in [5.41, 5.74) is 5.99. The highest BCUT2D eigenvalue weighted by atomic mass is 32.2. The molecule has 0 radical (unpaired) electrons. The maximum absolute atomic E-state index is 11.7. The second-order valence-electron chi connectivity index (χ2n) is 4.81. The van der Waals surface area contributed by atoms with Gasteiger partial charge in [0, 0.05) is 30.0 Å². The van der Waals surface area contributed by atoms with Gasteiger partial charge in [-0.2, -0.15) is 11.8 Å². The molecule has 3 nitrogen and oxygen atoms in total. The van der Waals surface area contributed by atoms with Gasteiger partial charge in [0.15, 0.2) is 0 Å². The third-order valence-electron chi connectivity index (χ3n) is 3.17. The van der Waals surface area contributed by atoms with Gasteiger partial charge in [-0.15, -0.1) is 6.58 Å². The van der Waals surface area contributed by atoms with Crippen molar-refractivity contribution in [3.05, 3.63) is 12.7 Å². The molecule has 0 bridgehead atoms. The van der Waals surface area contributed by atoms with Crippen LogP contribution >= 0.6 is 11.8 Å². The first-order valence-corrected chi connectivity index (χ1v) is 7.56. The van der Waals surface area contributed by atoms with Crippen LogP contribution in [-0.2, 0) is 4.79 Å². The molecule has 4 heteroatoms. The van der Waals surface area contributed by atoms with E-state index in [2.05, 4.69) is 11.9 Å². The van der Waals surface area contributed by atoms with E-state index in [1.165, 1.54) is 19.3 Å². The first-order valence-electron chi connectivity index (χ1n) is 6.40. The van der Waals surface area contributed by atoms with E-state index in [1.54, 1.807) is 11.8 Å². The van der Waals surface area contributed by atoms with Crippen LogP contribution < -0.4 is 11.1 Å². The minimum Gasteiger partial charge on any atom is -0.355 e. The molecule has 0 saturated heterocycles. The average molecular weight is 256 g/mol. The van der Waals surface area contributed by atoms with Crippen LogP contribution in [0.15, 0.2) is 12.7 Å². The molecule has 0 aromatic heterocycles. The molecule has 1 fully saturated rings. The van der Waals surface area contributed by atoms with Crippen LogP contribution in [0.25, 0.3) is 0 Å². The van der Waals surface area contributed by atoms with Crippen LogP contribution in [0.3, 0.4) is 0 Å². The van der Waals surface area contributed by atoms with Crippen molar-refractivity contribution in [1.29, 1.82) is 0 Å². The van der Waals surface area contributed by atoms with E-state index < -0.39 is 0 Å². The van der Waals surface area contributed by atoms with Crippen LogP contribution in [0.2, 0.25) is 0 Å². The zero-order valence-electron chi connectivity index (χ0n) is 10.5. The molecular formula is C13H24N2OS. The van der Waals surface area contributed by atoms with E-state index in [-0.39, 0.29) is 11.4 Å². The first kappa shape index (κ1) is 14.6. The summed E-state index contributed by atoms with van der Waals surface area (Å²) in [5, 5.41) is 2.94. The minimum atomic E-state index is -0.239. The summed E-state index contributed by atoms with van der Waals surface area (Å²) in [6, 6.07) is 0. The quantitative estimate of drug-likeness (QED) is 0.541. The Morgan fingerprint density at radius 1 is 1.41 bits per heavy atom. The van der Waals surface area contributed by atoms with Gasteiger partial charge in [0.05, 0.1) is 0 Å². The molecular weight excluding hydrogens is 232 g/mol. The Bertz CT molecular complexity index is 250. The molecule has 3 N–H and O–H groups in total. The summed E-state index contributed by atoms with van der Waals surface area (Å²) in [5.74, 6) is 1.99. The molecule has 0 aromatic rings. The largest absolute Gasteiger partial charge is 0.355 e. The van der Waals surface area contributed by atoms with Gasteiger partial charge in [0.2, 0.25) is 5.91 Å². The van der Waals surface area contributed by atoms with Crippen molar-refractivity contribution in [3.63, 3.8) is 0 Å². The normalized spacial score (nSPS) is 18.6. The van der Waals surface area contributed by atoms with Crippen molar-refractivity contribution >= 4 is 17.7 Å². The Morgan fingerprint density at radius 3 is 2.76 bits per heavy atom. The summed E-state index contributed by atoms with van der Waals surface area (Å²) in [7, 11) is 0. The zero-order valence-corrected chi connectivity index (χ0v) is 11.4. The van der Waals surface area contributed by atoms with Crippen molar-refractivity contribution in [1.82, 2.24) is 5.32 Å². The topological polar surface area (TPSA) is 55.1 Å². The molecule has 0 aliphatic heterocycles. The van der Waals surface area contributed by atoms with Crippen molar-refractivity contribution in [2.75, 3.05) is 18.1 Å². The average Bonchev–Trinajstić information content (AvgIpc) is 2.29. The fourth-order valence-corrected chi connectivity index (χ4v) is 2.82. The van der Waals surface area contributed by atoms with Gasteiger partial charge >= 0.3 is 0 Å². The predicted octanol–water partition coefficient (Wildman–Crippen LogP) is 2.07. The SMILES string of the molecule is C=CCSCCNC(=O)CC1(N)CCCCC1. The van der Waals surface area contributed by atoms with Crippen LogP contribution in [0.5, 0.6) is 0 Å². The Kier molecular flexibility index (Phi) is 6.66. The molecule has 0 aromatic carbocycles. The lowest BCUT2D eigenvalue weighted by molar-refractivity contribution is -0.122. The van der Waals surface area contributed by atoms with Crippen LogP contribution in [-0.4, -0.2) is 29.5 Å². The van der Waals surface area contributed by atoms with Gasteiger partial charge in [-0.25, -0.2) is 0 Å². The fraction of sp³-hybridized carbons (Fsp3) is 0.769. The first-order chi connectivity index (χ1) is 8.16. The molecule has 98 valence electrons. The Labute approximate surface area is 109 Å². The van der Waals surface area contributed by atoms with Crippen LogP contribution in [0.4, 0.5) is 0 Å². The summed E-state index contributed by atoms with van der Waals surface area (Å²) in [6.45, 7) is 4.38. The van der Waals surface area contributed by atoms with Crippen LogP contribution in [0.1, 0.15) is 38.5 Å². The van der Waals surface area contributed by atoms with E-state index in [0.29, 0.717) is 6.42 Å². The van der Waals surface area contributed by atoms with Gasteiger partial charge in [-0.1, -0.05) is 25.3 Å². The maximum atomic E-state index is 11.7. The Hall–Kier alpha value is -0.480. The van der Waals surface area contributed by atoms with Crippen molar-refractivity contribution in [2.45, 2.75) is 44.1 Å². The maximum Gasteiger partial charge on any atom is 0.221 e. The van der Waals surface area contributed by atoms with Gasteiger partial charge in [0.25, 0.3) is 0 Å². The standard InChI is InChI=1S/C13H24N2OS/c1-2-9-17-10-8-15-12(16)11-13(14)6-4-3-5-7-13/h2H,1,3-11,14H2,(H,15,16). The zero-order chi connectivity index (χ0) is 12.6. The number of amides is 1. The third-order valence-corrected chi connectivity index (χ3v) is 4.13.